The first-order chi connectivity index (χ1) is 13.6. The largest absolute Gasteiger partial charge is 0.508 e. The topological polar surface area (TPSA) is 61.6 Å². The molecule has 1 aliphatic rings. The first-order valence-corrected chi connectivity index (χ1v) is 9.49. The Morgan fingerprint density at radius 1 is 0.964 bits per heavy atom. The van der Waals surface area contributed by atoms with Gasteiger partial charge in [0.2, 0.25) is 0 Å². The molecule has 6 nitrogen and oxygen atoms in total. The molecule has 1 fully saturated rings. The highest BCUT2D eigenvalue weighted by molar-refractivity contribution is 5.55. The lowest BCUT2D eigenvalue weighted by Gasteiger charge is -2.36. The summed E-state index contributed by atoms with van der Waals surface area (Å²) in [6.45, 7) is 4.28. The lowest BCUT2D eigenvalue weighted by atomic mass is 10.2. The summed E-state index contributed by atoms with van der Waals surface area (Å²) in [5.74, 6) is 0.985. The highest BCUT2D eigenvalue weighted by Gasteiger charge is 2.18. The van der Waals surface area contributed by atoms with E-state index in [0.717, 1.165) is 43.1 Å². The molecular formula is C22H24N4O2. The molecule has 0 aliphatic carbocycles. The summed E-state index contributed by atoms with van der Waals surface area (Å²) in [6, 6.07) is 18.8. The Kier molecular flexibility index (Phi) is 5.12. The summed E-state index contributed by atoms with van der Waals surface area (Å²) in [5, 5.41) is 9.45. The van der Waals surface area contributed by atoms with E-state index in [1.165, 1.54) is 0 Å². The molecule has 0 saturated carbocycles. The van der Waals surface area contributed by atoms with E-state index in [2.05, 4.69) is 9.80 Å². The number of nitrogens with zero attached hydrogens (tertiary/aromatic N) is 4. The lowest BCUT2D eigenvalue weighted by molar-refractivity contribution is 0.247. The highest BCUT2D eigenvalue weighted by Crippen LogP contribution is 2.20. The zero-order chi connectivity index (χ0) is 19.5. The molecule has 1 aliphatic heterocycles. The first kappa shape index (κ1) is 18.3. The van der Waals surface area contributed by atoms with Gasteiger partial charge in [-0.1, -0.05) is 30.3 Å². The van der Waals surface area contributed by atoms with Gasteiger partial charge in [0, 0.05) is 57.1 Å². The minimum atomic E-state index is -0.0356. The van der Waals surface area contributed by atoms with Crippen molar-refractivity contribution < 1.29 is 5.11 Å². The maximum absolute atomic E-state index is 12.4. The number of phenolic OH excluding ortho intramolecular Hbond substituents is 1. The minimum absolute atomic E-state index is 0.0356. The summed E-state index contributed by atoms with van der Waals surface area (Å²) in [4.78, 5) is 21.8. The second-order valence-corrected chi connectivity index (χ2v) is 7.11. The Bertz CT molecular complexity index is 991. The van der Waals surface area contributed by atoms with Crippen molar-refractivity contribution in [2.24, 2.45) is 7.05 Å². The molecule has 4 rings (SSSR count). The van der Waals surface area contributed by atoms with Gasteiger partial charge in [0.15, 0.2) is 0 Å². The lowest BCUT2D eigenvalue weighted by Crippen LogP contribution is -2.46. The molecule has 1 N–H and O–H groups in total. The number of phenols is 1. The van der Waals surface area contributed by atoms with Gasteiger partial charge in [-0.2, -0.15) is 0 Å². The molecule has 0 amide bonds. The number of piperazine rings is 1. The van der Waals surface area contributed by atoms with Crippen LogP contribution in [0.1, 0.15) is 5.69 Å². The summed E-state index contributed by atoms with van der Waals surface area (Å²) >= 11 is 0. The Hall–Kier alpha value is -3.12. The molecule has 2 heterocycles. The SMILES string of the molecule is Cn1c(-c2ccccc2)nc(CN2CCN(c3ccc(O)cc3)CC2)cc1=O. The number of hydrogen-bond donors (Lipinski definition) is 1. The van der Waals surface area contributed by atoms with Crippen molar-refractivity contribution >= 4 is 5.69 Å². The van der Waals surface area contributed by atoms with Crippen LogP contribution in [0.25, 0.3) is 11.4 Å². The van der Waals surface area contributed by atoms with Gasteiger partial charge in [-0.25, -0.2) is 4.98 Å². The van der Waals surface area contributed by atoms with Crippen LogP contribution >= 0.6 is 0 Å². The summed E-state index contributed by atoms with van der Waals surface area (Å²) in [7, 11) is 1.76. The van der Waals surface area contributed by atoms with Crippen LogP contribution in [0.5, 0.6) is 5.75 Å². The fourth-order valence-corrected chi connectivity index (χ4v) is 3.57. The van der Waals surface area contributed by atoms with Crippen LogP contribution < -0.4 is 10.5 Å². The van der Waals surface area contributed by atoms with Gasteiger partial charge in [0.25, 0.3) is 5.56 Å². The van der Waals surface area contributed by atoms with Crippen molar-refractivity contribution in [2.45, 2.75) is 6.54 Å². The zero-order valence-electron chi connectivity index (χ0n) is 16.0. The van der Waals surface area contributed by atoms with Gasteiger partial charge in [0.05, 0.1) is 5.69 Å². The Labute approximate surface area is 164 Å². The predicted octanol–water partition coefficient (Wildman–Crippen LogP) is 2.48. The average molecular weight is 376 g/mol. The van der Waals surface area contributed by atoms with Gasteiger partial charge in [0.1, 0.15) is 11.6 Å². The molecule has 1 aromatic heterocycles. The summed E-state index contributed by atoms with van der Waals surface area (Å²) < 4.78 is 1.60. The normalized spacial score (nSPS) is 15.0. The number of aromatic hydroxyl groups is 1. The molecule has 0 atom stereocenters. The van der Waals surface area contributed by atoms with Gasteiger partial charge in [-0.05, 0) is 24.3 Å². The van der Waals surface area contributed by atoms with E-state index >= 15 is 0 Å². The zero-order valence-corrected chi connectivity index (χ0v) is 16.0. The molecule has 6 heteroatoms. The molecule has 2 aromatic carbocycles. The van der Waals surface area contributed by atoms with E-state index in [9.17, 15) is 9.90 Å². The molecule has 0 radical (unpaired) electrons. The van der Waals surface area contributed by atoms with Crippen molar-refractivity contribution in [3.8, 4) is 17.1 Å². The summed E-state index contributed by atoms with van der Waals surface area (Å²) in [6.07, 6.45) is 0. The Balaban J connectivity index is 1.46. The predicted molar refractivity (Wildman–Crippen MR) is 111 cm³/mol. The molecule has 1 saturated heterocycles. The molecular weight excluding hydrogens is 352 g/mol. The maximum Gasteiger partial charge on any atom is 0.253 e. The quantitative estimate of drug-likeness (QED) is 0.758. The van der Waals surface area contributed by atoms with Crippen LogP contribution in [-0.2, 0) is 13.6 Å². The maximum atomic E-state index is 12.4. The van der Waals surface area contributed by atoms with Gasteiger partial charge < -0.3 is 10.0 Å². The van der Waals surface area contributed by atoms with E-state index in [-0.39, 0.29) is 11.3 Å². The first-order valence-electron chi connectivity index (χ1n) is 9.49. The molecule has 0 spiro atoms. The van der Waals surface area contributed by atoms with Gasteiger partial charge in [-0.3, -0.25) is 14.3 Å². The second-order valence-electron chi connectivity index (χ2n) is 7.11. The third kappa shape index (κ3) is 3.92. The van der Waals surface area contributed by atoms with E-state index in [4.69, 9.17) is 4.98 Å². The fourth-order valence-electron chi connectivity index (χ4n) is 3.57. The molecule has 0 bridgehead atoms. The van der Waals surface area contributed by atoms with Crippen molar-refractivity contribution in [3.63, 3.8) is 0 Å². The van der Waals surface area contributed by atoms with Crippen LogP contribution in [0.15, 0.2) is 65.5 Å². The summed E-state index contributed by atoms with van der Waals surface area (Å²) in [5.41, 5.74) is 2.84. The van der Waals surface area contributed by atoms with Gasteiger partial charge in [-0.15, -0.1) is 0 Å². The Morgan fingerprint density at radius 3 is 2.32 bits per heavy atom. The third-order valence-electron chi connectivity index (χ3n) is 5.19. The molecule has 28 heavy (non-hydrogen) atoms. The minimum Gasteiger partial charge on any atom is -0.508 e. The number of anilines is 1. The highest BCUT2D eigenvalue weighted by atomic mass is 16.3. The van der Waals surface area contributed by atoms with Crippen LogP contribution in [0.3, 0.4) is 0 Å². The van der Waals surface area contributed by atoms with Crippen molar-refractivity contribution in [1.29, 1.82) is 0 Å². The fraction of sp³-hybridized carbons (Fsp3) is 0.273. The monoisotopic (exact) mass is 376 g/mol. The third-order valence-corrected chi connectivity index (χ3v) is 5.19. The second kappa shape index (κ2) is 7.86. The number of hydrogen-bond acceptors (Lipinski definition) is 5. The molecule has 0 unspecified atom stereocenters. The number of benzene rings is 2. The van der Waals surface area contributed by atoms with Crippen LogP contribution in [0.2, 0.25) is 0 Å². The average Bonchev–Trinajstić information content (AvgIpc) is 2.72. The number of rotatable bonds is 4. The smallest absolute Gasteiger partial charge is 0.253 e. The van der Waals surface area contributed by atoms with E-state index in [1.807, 2.05) is 42.5 Å². The molecule has 3 aromatic rings. The van der Waals surface area contributed by atoms with E-state index < -0.39 is 0 Å². The van der Waals surface area contributed by atoms with E-state index in [1.54, 1.807) is 29.8 Å². The van der Waals surface area contributed by atoms with Crippen LogP contribution in [0.4, 0.5) is 5.69 Å². The van der Waals surface area contributed by atoms with Crippen LogP contribution in [-0.4, -0.2) is 45.7 Å². The molecule has 144 valence electrons. The van der Waals surface area contributed by atoms with E-state index in [0.29, 0.717) is 12.4 Å². The van der Waals surface area contributed by atoms with Crippen LogP contribution in [0, 0.1) is 0 Å². The van der Waals surface area contributed by atoms with Crippen molar-refractivity contribution in [2.75, 3.05) is 31.1 Å². The van der Waals surface area contributed by atoms with Crippen molar-refractivity contribution in [3.05, 3.63) is 76.7 Å². The number of aromatic nitrogens is 2. The van der Waals surface area contributed by atoms with Crippen molar-refractivity contribution in [1.82, 2.24) is 14.5 Å². The standard InChI is InChI=1S/C22H24N4O2/c1-24-21(28)15-18(23-22(24)17-5-3-2-4-6-17)16-25-11-13-26(14-12-25)19-7-9-20(27)10-8-19/h2-10,15,27H,11-14,16H2,1H3. The Morgan fingerprint density at radius 2 is 1.64 bits per heavy atom. The van der Waals surface area contributed by atoms with Gasteiger partial charge >= 0.3 is 0 Å².